The summed E-state index contributed by atoms with van der Waals surface area (Å²) in [7, 11) is 0. The predicted octanol–water partition coefficient (Wildman–Crippen LogP) is 0.515. The van der Waals surface area contributed by atoms with Gasteiger partial charge >= 0.3 is 0 Å². The zero-order valence-electron chi connectivity index (χ0n) is 11.2. The van der Waals surface area contributed by atoms with E-state index in [1.54, 1.807) is 12.2 Å². The fraction of sp³-hybridized carbons (Fsp3) is 0.333. The van der Waals surface area contributed by atoms with Crippen LogP contribution in [0.15, 0.2) is 30.4 Å². The zero-order chi connectivity index (χ0) is 15.6. The van der Waals surface area contributed by atoms with Crippen LogP contribution in [0.3, 0.4) is 0 Å². The second-order valence-electron chi connectivity index (χ2n) is 5.74. The first-order valence-electron chi connectivity index (χ1n) is 6.77. The summed E-state index contributed by atoms with van der Waals surface area (Å²) in [5.41, 5.74) is -0.536. The van der Waals surface area contributed by atoms with Crippen LogP contribution in [0.5, 0.6) is 0 Å². The third-order valence-corrected chi connectivity index (χ3v) is 4.88. The lowest BCUT2D eigenvalue weighted by atomic mass is 9.77. The summed E-state index contributed by atoms with van der Waals surface area (Å²) in [5, 5.41) is 11.3. The van der Waals surface area contributed by atoms with Gasteiger partial charge in [-0.25, -0.2) is 4.39 Å². The Bertz CT molecular complexity index is 736. The fourth-order valence-electron chi connectivity index (χ4n) is 3.64. The van der Waals surface area contributed by atoms with Crippen LogP contribution >= 0.6 is 11.6 Å². The predicted molar refractivity (Wildman–Crippen MR) is 72.5 cm³/mol. The molecule has 4 rings (SSSR count). The van der Waals surface area contributed by atoms with Crippen molar-refractivity contribution in [3.8, 4) is 0 Å². The molecular weight excluding hydrogens is 313 g/mol. The van der Waals surface area contributed by atoms with Gasteiger partial charge in [-0.3, -0.25) is 4.79 Å². The number of aliphatic carboxylic acids is 1. The Morgan fingerprint density at radius 3 is 2.95 bits per heavy atom. The highest BCUT2D eigenvalue weighted by Gasteiger charge is 2.65. The number of carboxylic acid groups (broad SMARTS) is 1. The number of halogens is 2. The Morgan fingerprint density at radius 1 is 1.50 bits per heavy atom. The summed E-state index contributed by atoms with van der Waals surface area (Å²) in [4.78, 5) is 25.4. The van der Waals surface area contributed by atoms with E-state index < -0.39 is 35.3 Å². The molecule has 2 fully saturated rings. The molecule has 1 spiro atoms. The van der Waals surface area contributed by atoms with Gasteiger partial charge in [-0.2, -0.15) is 0 Å². The lowest BCUT2D eigenvalue weighted by molar-refractivity contribution is -0.313. The number of rotatable bonds is 2. The average molecular weight is 323 g/mol. The van der Waals surface area contributed by atoms with Crippen LogP contribution in [0, 0.1) is 17.7 Å². The van der Waals surface area contributed by atoms with Crippen LogP contribution in [0.1, 0.15) is 0 Å². The summed E-state index contributed by atoms with van der Waals surface area (Å²) in [6, 6.07) is 3.94. The molecule has 4 atom stereocenters. The fourth-order valence-corrected chi connectivity index (χ4v) is 3.81. The van der Waals surface area contributed by atoms with E-state index in [0.717, 1.165) is 0 Å². The van der Waals surface area contributed by atoms with Crippen LogP contribution in [0.4, 0.5) is 10.1 Å². The summed E-state index contributed by atoms with van der Waals surface area (Å²) >= 11 is 5.75. The van der Waals surface area contributed by atoms with Gasteiger partial charge in [0.2, 0.25) is 5.91 Å². The van der Waals surface area contributed by atoms with Gasteiger partial charge in [-0.1, -0.05) is 23.8 Å². The second kappa shape index (κ2) is 4.30. The molecule has 1 aromatic carbocycles. The maximum Gasteiger partial charge on any atom is 0.234 e. The molecule has 1 amide bonds. The van der Waals surface area contributed by atoms with Crippen LogP contribution in [0.2, 0.25) is 5.02 Å². The van der Waals surface area contributed by atoms with E-state index in [1.165, 1.54) is 23.1 Å². The second-order valence-corrected chi connectivity index (χ2v) is 6.15. The van der Waals surface area contributed by atoms with Crippen molar-refractivity contribution in [3.63, 3.8) is 0 Å². The Balaban J connectivity index is 1.74. The molecule has 2 saturated heterocycles. The molecule has 7 heteroatoms. The highest BCUT2D eigenvalue weighted by Crippen LogP contribution is 2.52. The van der Waals surface area contributed by atoms with Gasteiger partial charge in [0.15, 0.2) is 0 Å². The Labute approximate surface area is 129 Å². The molecule has 0 aliphatic carbocycles. The van der Waals surface area contributed by atoms with Gasteiger partial charge in [0.1, 0.15) is 11.4 Å². The number of carboxylic acids is 1. The summed E-state index contributed by atoms with van der Waals surface area (Å²) in [5.74, 6) is -4.08. The van der Waals surface area contributed by atoms with E-state index in [1.807, 2.05) is 0 Å². The van der Waals surface area contributed by atoms with Crippen LogP contribution in [0.25, 0.3) is 0 Å². The number of hydrogen-bond donors (Lipinski definition) is 0. The molecule has 3 aliphatic heterocycles. The smallest absolute Gasteiger partial charge is 0.234 e. The minimum atomic E-state index is -1.30. The number of amides is 1. The highest BCUT2D eigenvalue weighted by atomic mass is 35.5. The van der Waals surface area contributed by atoms with Crippen LogP contribution < -0.4 is 10.0 Å². The number of hydrogen-bond acceptors (Lipinski definition) is 4. The first kappa shape index (κ1) is 13.7. The van der Waals surface area contributed by atoms with E-state index in [4.69, 9.17) is 16.3 Å². The molecule has 0 saturated carbocycles. The maximum absolute atomic E-state index is 13.3. The van der Waals surface area contributed by atoms with Crippen LogP contribution in [-0.2, 0) is 14.3 Å². The van der Waals surface area contributed by atoms with Gasteiger partial charge in [-0.15, -0.1) is 0 Å². The number of nitrogens with zero attached hydrogens (tertiary/aromatic N) is 1. The van der Waals surface area contributed by atoms with E-state index >= 15 is 0 Å². The summed E-state index contributed by atoms with van der Waals surface area (Å²) in [6.07, 6.45) is 2.77. The molecule has 1 aromatic rings. The van der Waals surface area contributed by atoms with Gasteiger partial charge < -0.3 is 19.5 Å². The van der Waals surface area contributed by atoms with E-state index in [2.05, 4.69) is 0 Å². The molecule has 5 nitrogen and oxygen atoms in total. The van der Waals surface area contributed by atoms with E-state index in [-0.39, 0.29) is 17.5 Å². The third kappa shape index (κ3) is 1.62. The molecule has 3 aliphatic rings. The lowest BCUT2D eigenvalue weighted by Gasteiger charge is -2.24. The molecule has 22 heavy (non-hydrogen) atoms. The number of carbonyl (C=O) groups excluding carboxylic acids is 2. The van der Waals surface area contributed by atoms with Crippen molar-refractivity contribution in [2.45, 2.75) is 11.7 Å². The highest BCUT2D eigenvalue weighted by molar-refractivity contribution is 6.31. The number of ether oxygens (including phenoxy) is 1. The van der Waals surface area contributed by atoms with Crippen molar-refractivity contribution >= 4 is 29.2 Å². The first-order valence-corrected chi connectivity index (χ1v) is 7.15. The molecule has 0 aromatic heterocycles. The average Bonchev–Trinajstić information content (AvgIpc) is 3.10. The SMILES string of the molecule is O=C([O-])[C@H]1[C@H]2C=C[C@]3(CN(c4ccc(F)c(Cl)c4)C(=O)[C@@H]13)O2. The number of anilines is 1. The van der Waals surface area contributed by atoms with Crippen molar-refractivity contribution in [1.29, 1.82) is 0 Å². The number of fused-ring (bicyclic) bond motifs is 1. The minimum absolute atomic E-state index is 0.0999. The van der Waals surface area contributed by atoms with Gasteiger partial charge in [-0.05, 0) is 18.2 Å². The largest absolute Gasteiger partial charge is 0.550 e. The maximum atomic E-state index is 13.3. The van der Waals surface area contributed by atoms with Gasteiger partial charge in [0.25, 0.3) is 0 Å². The van der Waals surface area contributed by atoms with E-state index in [0.29, 0.717) is 5.69 Å². The van der Waals surface area contributed by atoms with E-state index in [9.17, 15) is 19.1 Å². The van der Waals surface area contributed by atoms with Crippen molar-refractivity contribution in [1.82, 2.24) is 0 Å². The minimum Gasteiger partial charge on any atom is -0.550 e. The topological polar surface area (TPSA) is 69.7 Å². The number of carbonyl (C=O) groups is 2. The summed E-state index contributed by atoms with van der Waals surface area (Å²) < 4.78 is 19.0. The molecule has 2 bridgehead atoms. The van der Waals surface area contributed by atoms with Crippen molar-refractivity contribution in [2.24, 2.45) is 11.8 Å². The summed E-state index contributed by atoms with van der Waals surface area (Å²) in [6.45, 7) is 0.176. The Hall–Kier alpha value is -1.92. The van der Waals surface area contributed by atoms with Gasteiger partial charge in [0.05, 0.1) is 23.6 Å². The third-order valence-electron chi connectivity index (χ3n) is 4.59. The monoisotopic (exact) mass is 322 g/mol. The standard InChI is InChI=1S/C15H11ClFNO4/c16-8-5-7(1-2-9(8)17)18-6-15-4-3-10(22-15)11(14(20)21)12(15)13(18)19/h1-5,10-12H,6H2,(H,20,21)/p-1/t10-,11+,12-,15-/m1/s1. The molecule has 114 valence electrons. The Kier molecular flexibility index (Phi) is 2.68. The first-order chi connectivity index (χ1) is 10.4. The number of benzene rings is 1. The quantitative estimate of drug-likeness (QED) is 0.744. The normalized spacial score (nSPS) is 35.3. The molecule has 0 unspecified atom stereocenters. The molecular formula is C15H10ClFNO4-. The molecule has 3 heterocycles. The van der Waals surface area contributed by atoms with Crippen LogP contribution in [-0.4, -0.2) is 30.1 Å². The Morgan fingerprint density at radius 2 is 2.27 bits per heavy atom. The van der Waals surface area contributed by atoms with Crippen molar-refractivity contribution in [2.75, 3.05) is 11.4 Å². The molecule has 0 N–H and O–H groups in total. The van der Waals surface area contributed by atoms with Crippen molar-refractivity contribution in [3.05, 3.63) is 41.2 Å². The van der Waals surface area contributed by atoms with Crippen molar-refractivity contribution < 1.29 is 23.8 Å². The lowest BCUT2D eigenvalue weighted by Crippen LogP contribution is -2.45. The zero-order valence-corrected chi connectivity index (χ0v) is 11.9. The molecule has 0 radical (unpaired) electrons. The van der Waals surface area contributed by atoms with Gasteiger partial charge in [0, 0.05) is 17.6 Å².